The topological polar surface area (TPSA) is 48.0 Å². The molecule has 0 fully saturated rings. The number of para-hydroxylation sites is 1. The Labute approximate surface area is 128 Å². The minimum Gasteiger partial charge on any atom is -0.395 e. The maximum Gasteiger partial charge on any atom is 0.0588 e. The lowest BCUT2D eigenvalue weighted by Gasteiger charge is -2.21. The lowest BCUT2D eigenvalue weighted by molar-refractivity contribution is 0.233. The standard InChI is InChI=1S/C17H20N2OS/c1-12(17-7-4-8-21-17)19-14(11-20)9-13-10-18-16-6-3-2-5-15(13)16/h2-8,10,12,14,18-20H,9,11H2,1H3/t12-,14+/m1/s1. The third-order valence-corrected chi connectivity index (χ3v) is 4.87. The minimum atomic E-state index is 0.0568. The molecule has 110 valence electrons. The fraction of sp³-hybridized carbons (Fsp3) is 0.294. The molecule has 0 aliphatic carbocycles. The first kappa shape index (κ1) is 14.3. The molecule has 0 saturated carbocycles. The van der Waals surface area contributed by atoms with Gasteiger partial charge in [0.1, 0.15) is 0 Å². The van der Waals surface area contributed by atoms with Crippen LogP contribution >= 0.6 is 11.3 Å². The molecule has 0 spiro atoms. The summed E-state index contributed by atoms with van der Waals surface area (Å²) in [4.78, 5) is 4.59. The van der Waals surface area contributed by atoms with Gasteiger partial charge in [-0.2, -0.15) is 0 Å². The normalized spacial score (nSPS) is 14.4. The van der Waals surface area contributed by atoms with Gasteiger partial charge in [0.2, 0.25) is 0 Å². The van der Waals surface area contributed by atoms with Gasteiger partial charge in [0.15, 0.2) is 0 Å². The molecule has 1 aromatic carbocycles. The summed E-state index contributed by atoms with van der Waals surface area (Å²) in [6, 6.07) is 12.8. The van der Waals surface area contributed by atoms with Crippen LogP contribution in [0.3, 0.4) is 0 Å². The predicted octanol–water partition coefficient (Wildman–Crippen LogP) is 3.48. The van der Waals surface area contributed by atoms with Crippen LogP contribution in [0.1, 0.15) is 23.4 Å². The van der Waals surface area contributed by atoms with Crippen LogP contribution in [0.15, 0.2) is 48.0 Å². The highest BCUT2D eigenvalue weighted by atomic mass is 32.1. The van der Waals surface area contributed by atoms with Gasteiger partial charge in [-0.15, -0.1) is 11.3 Å². The molecule has 3 rings (SSSR count). The third kappa shape index (κ3) is 3.18. The van der Waals surface area contributed by atoms with E-state index in [9.17, 15) is 5.11 Å². The number of fused-ring (bicyclic) bond motifs is 1. The van der Waals surface area contributed by atoms with Gasteiger partial charge in [-0.1, -0.05) is 24.3 Å². The molecule has 4 heteroatoms. The SMILES string of the molecule is C[C@@H](N[C@H](CO)Cc1c[nH]c2ccccc12)c1cccs1. The van der Waals surface area contributed by atoms with E-state index in [0.717, 1.165) is 11.9 Å². The van der Waals surface area contributed by atoms with E-state index in [1.54, 1.807) is 11.3 Å². The zero-order valence-electron chi connectivity index (χ0n) is 12.0. The molecule has 21 heavy (non-hydrogen) atoms. The van der Waals surface area contributed by atoms with Crippen LogP contribution in [0, 0.1) is 0 Å². The third-order valence-electron chi connectivity index (χ3n) is 3.82. The highest BCUT2D eigenvalue weighted by molar-refractivity contribution is 7.10. The molecule has 3 nitrogen and oxygen atoms in total. The summed E-state index contributed by atoms with van der Waals surface area (Å²) in [7, 11) is 0. The van der Waals surface area contributed by atoms with E-state index >= 15 is 0 Å². The summed E-state index contributed by atoms with van der Waals surface area (Å²) in [6.07, 6.45) is 2.86. The van der Waals surface area contributed by atoms with Crippen molar-refractivity contribution in [3.8, 4) is 0 Å². The predicted molar refractivity (Wildman–Crippen MR) is 88.7 cm³/mol. The van der Waals surface area contributed by atoms with Gasteiger partial charge < -0.3 is 15.4 Å². The second-order valence-corrected chi connectivity index (χ2v) is 6.33. The molecule has 0 aliphatic rings. The van der Waals surface area contributed by atoms with Crippen LogP contribution in [0.25, 0.3) is 10.9 Å². The molecule has 2 aromatic heterocycles. The molecule has 0 bridgehead atoms. The number of hydrogen-bond acceptors (Lipinski definition) is 3. The lowest BCUT2D eigenvalue weighted by atomic mass is 10.0. The van der Waals surface area contributed by atoms with Crippen LogP contribution < -0.4 is 5.32 Å². The van der Waals surface area contributed by atoms with E-state index in [-0.39, 0.29) is 18.7 Å². The van der Waals surface area contributed by atoms with Gasteiger partial charge >= 0.3 is 0 Å². The first-order valence-electron chi connectivity index (χ1n) is 7.23. The van der Waals surface area contributed by atoms with E-state index in [1.807, 2.05) is 12.3 Å². The van der Waals surface area contributed by atoms with Crippen molar-refractivity contribution in [2.45, 2.75) is 25.4 Å². The fourth-order valence-electron chi connectivity index (χ4n) is 2.72. The molecule has 3 aromatic rings. The minimum absolute atomic E-state index is 0.0568. The molecule has 0 amide bonds. The number of aliphatic hydroxyl groups is 1. The Balaban J connectivity index is 1.72. The number of hydrogen-bond donors (Lipinski definition) is 3. The van der Waals surface area contributed by atoms with Gasteiger partial charge in [0, 0.05) is 34.1 Å². The zero-order valence-corrected chi connectivity index (χ0v) is 12.9. The summed E-state index contributed by atoms with van der Waals surface area (Å²) < 4.78 is 0. The van der Waals surface area contributed by atoms with E-state index in [1.165, 1.54) is 15.8 Å². The summed E-state index contributed by atoms with van der Waals surface area (Å²) in [5.41, 5.74) is 2.39. The smallest absolute Gasteiger partial charge is 0.0588 e. The first-order valence-corrected chi connectivity index (χ1v) is 8.11. The molecule has 0 aliphatic heterocycles. The van der Waals surface area contributed by atoms with Gasteiger partial charge in [-0.05, 0) is 36.4 Å². The van der Waals surface area contributed by atoms with E-state index in [0.29, 0.717) is 0 Å². The summed E-state index contributed by atoms with van der Waals surface area (Å²) >= 11 is 1.74. The van der Waals surface area contributed by atoms with Crippen molar-refractivity contribution >= 4 is 22.2 Å². The molecular formula is C17H20N2OS. The molecule has 2 heterocycles. The molecule has 0 unspecified atom stereocenters. The Bertz CT molecular complexity index is 690. The number of benzene rings is 1. The Morgan fingerprint density at radius 2 is 2.10 bits per heavy atom. The van der Waals surface area contributed by atoms with Gasteiger partial charge in [-0.3, -0.25) is 0 Å². The molecular weight excluding hydrogens is 280 g/mol. The summed E-state index contributed by atoms with van der Waals surface area (Å²) in [5, 5.41) is 16.5. The van der Waals surface area contributed by atoms with Crippen molar-refractivity contribution in [2.75, 3.05) is 6.61 Å². The highest BCUT2D eigenvalue weighted by Crippen LogP contribution is 2.22. The van der Waals surface area contributed by atoms with Gasteiger partial charge in [0.25, 0.3) is 0 Å². The fourth-order valence-corrected chi connectivity index (χ4v) is 3.46. The maximum atomic E-state index is 9.67. The van der Waals surface area contributed by atoms with Crippen molar-refractivity contribution in [3.63, 3.8) is 0 Å². The highest BCUT2D eigenvalue weighted by Gasteiger charge is 2.15. The average Bonchev–Trinajstić information content (AvgIpc) is 3.16. The lowest BCUT2D eigenvalue weighted by Crippen LogP contribution is -2.36. The van der Waals surface area contributed by atoms with Gasteiger partial charge in [0.05, 0.1) is 6.61 Å². The van der Waals surface area contributed by atoms with Crippen LogP contribution in [-0.2, 0) is 6.42 Å². The van der Waals surface area contributed by atoms with Crippen molar-refractivity contribution in [3.05, 3.63) is 58.4 Å². The largest absolute Gasteiger partial charge is 0.395 e. The Morgan fingerprint density at radius 3 is 2.86 bits per heavy atom. The van der Waals surface area contributed by atoms with Crippen molar-refractivity contribution in [2.24, 2.45) is 0 Å². The Morgan fingerprint density at radius 1 is 1.24 bits per heavy atom. The number of thiophene rings is 1. The van der Waals surface area contributed by atoms with E-state index in [4.69, 9.17) is 0 Å². The molecule has 0 radical (unpaired) electrons. The Hall–Kier alpha value is -1.62. The molecule has 2 atom stereocenters. The van der Waals surface area contributed by atoms with Crippen molar-refractivity contribution in [1.29, 1.82) is 0 Å². The second-order valence-electron chi connectivity index (χ2n) is 5.35. The number of nitrogens with one attached hydrogen (secondary N) is 2. The summed E-state index contributed by atoms with van der Waals surface area (Å²) in [6.45, 7) is 2.28. The van der Waals surface area contributed by atoms with Crippen LogP contribution in [0.2, 0.25) is 0 Å². The molecule has 0 saturated heterocycles. The van der Waals surface area contributed by atoms with E-state index < -0.39 is 0 Å². The van der Waals surface area contributed by atoms with Crippen molar-refractivity contribution < 1.29 is 5.11 Å². The Kier molecular flexibility index (Phi) is 4.39. The monoisotopic (exact) mass is 300 g/mol. The van der Waals surface area contributed by atoms with Gasteiger partial charge in [-0.25, -0.2) is 0 Å². The quantitative estimate of drug-likeness (QED) is 0.652. The second kappa shape index (κ2) is 6.43. The average molecular weight is 300 g/mol. The number of aromatic nitrogens is 1. The van der Waals surface area contributed by atoms with Crippen LogP contribution in [0.5, 0.6) is 0 Å². The first-order chi connectivity index (χ1) is 10.3. The number of rotatable bonds is 6. The number of aromatic amines is 1. The maximum absolute atomic E-state index is 9.67. The van der Waals surface area contributed by atoms with Crippen molar-refractivity contribution in [1.82, 2.24) is 10.3 Å². The summed E-state index contributed by atoms with van der Waals surface area (Å²) in [5.74, 6) is 0. The van der Waals surface area contributed by atoms with Crippen LogP contribution in [-0.4, -0.2) is 22.7 Å². The number of H-pyrrole nitrogens is 1. The molecule has 3 N–H and O–H groups in total. The van der Waals surface area contributed by atoms with E-state index in [2.05, 4.69) is 52.9 Å². The zero-order chi connectivity index (χ0) is 14.7. The van der Waals surface area contributed by atoms with Crippen LogP contribution in [0.4, 0.5) is 0 Å². The number of aliphatic hydroxyl groups excluding tert-OH is 1.